The number of carbonyl (C=O) groups is 1. The molecule has 0 radical (unpaired) electrons. The largest absolute Gasteiger partial charge is 0.325 e. The summed E-state index contributed by atoms with van der Waals surface area (Å²) in [5.41, 5.74) is 2.97. The van der Waals surface area contributed by atoms with Gasteiger partial charge in [0.25, 0.3) is 0 Å². The van der Waals surface area contributed by atoms with Crippen LogP contribution in [0, 0.1) is 0 Å². The van der Waals surface area contributed by atoms with E-state index in [0.29, 0.717) is 21.8 Å². The lowest BCUT2D eigenvalue weighted by Gasteiger charge is -2.07. The molecular formula is C20H21ClN4OS. The van der Waals surface area contributed by atoms with Gasteiger partial charge in [-0.05, 0) is 29.7 Å². The fourth-order valence-corrected chi connectivity index (χ4v) is 3.50. The van der Waals surface area contributed by atoms with E-state index in [-0.39, 0.29) is 11.7 Å². The second-order valence-corrected chi connectivity index (χ2v) is 7.87. The van der Waals surface area contributed by atoms with Crippen LogP contribution < -0.4 is 5.32 Å². The SMILES string of the molecule is CC(C)c1ccc(-c2nnc(SCC(=O)Nc3cccc(Cl)c3)n2C)cc1. The lowest BCUT2D eigenvalue weighted by molar-refractivity contribution is -0.113. The summed E-state index contributed by atoms with van der Waals surface area (Å²) < 4.78 is 1.90. The quantitative estimate of drug-likeness (QED) is 0.592. The highest BCUT2D eigenvalue weighted by Crippen LogP contribution is 2.25. The monoisotopic (exact) mass is 400 g/mol. The number of hydrogen-bond acceptors (Lipinski definition) is 4. The average Bonchev–Trinajstić information content (AvgIpc) is 3.00. The van der Waals surface area contributed by atoms with Gasteiger partial charge < -0.3 is 9.88 Å². The number of rotatable bonds is 6. The third kappa shape index (κ3) is 4.90. The van der Waals surface area contributed by atoms with Crippen molar-refractivity contribution in [3.05, 3.63) is 59.1 Å². The molecular weight excluding hydrogens is 380 g/mol. The minimum absolute atomic E-state index is 0.117. The van der Waals surface area contributed by atoms with Crippen LogP contribution in [0.4, 0.5) is 5.69 Å². The smallest absolute Gasteiger partial charge is 0.234 e. The maximum absolute atomic E-state index is 12.2. The number of amides is 1. The van der Waals surface area contributed by atoms with Crippen LogP contribution in [0.15, 0.2) is 53.7 Å². The van der Waals surface area contributed by atoms with Crippen molar-refractivity contribution in [2.45, 2.75) is 24.9 Å². The highest BCUT2D eigenvalue weighted by Gasteiger charge is 2.13. The van der Waals surface area contributed by atoms with Gasteiger partial charge in [0.2, 0.25) is 5.91 Å². The molecule has 0 saturated carbocycles. The highest BCUT2D eigenvalue weighted by atomic mass is 35.5. The predicted molar refractivity (Wildman–Crippen MR) is 111 cm³/mol. The summed E-state index contributed by atoms with van der Waals surface area (Å²) in [7, 11) is 1.91. The number of benzene rings is 2. The molecule has 1 amide bonds. The summed E-state index contributed by atoms with van der Waals surface area (Å²) in [5.74, 6) is 1.39. The molecule has 2 aromatic carbocycles. The topological polar surface area (TPSA) is 59.8 Å². The molecule has 140 valence electrons. The molecule has 0 aliphatic carbocycles. The number of nitrogens with zero attached hydrogens (tertiary/aromatic N) is 3. The molecule has 5 nitrogen and oxygen atoms in total. The Hall–Kier alpha value is -2.31. The summed E-state index contributed by atoms with van der Waals surface area (Å²) in [6, 6.07) is 15.4. The zero-order valence-corrected chi connectivity index (χ0v) is 17.0. The van der Waals surface area contributed by atoms with Crippen LogP contribution >= 0.6 is 23.4 Å². The van der Waals surface area contributed by atoms with E-state index in [1.165, 1.54) is 17.3 Å². The number of halogens is 1. The number of anilines is 1. The van der Waals surface area contributed by atoms with Crippen LogP contribution in [0.3, 0.4) is 0 Å². The van der Waals surface area contributed by atoms with Crippen LogP contribution in [0.25, 0.3) is 11.4 Å². The van der Waals surface area contributed by atoms with E-state index in [0.717, 1.165) is 11.4 Å². The molecule has 0 bridgehead atoms. The first-order valence-electron chi connectivity index (χ1n) is 8.62. The summed E-state index contributed by atoms with van der Waals surface area (Å²) in [5, 5.41) is 12.6. The van der Waals surface area contributed by atoms with Crippen LogP contribution in [-0.4, -0.2) is 26.4 Å². The molecule has 0 aliphatic rings. The number of aromatic nitrogens is 3. The first-order valence-corrected chi connectivity index (χ1v) is 9.98. The van der Waals surface area contributed by atoms with Crippen LogP contribution in [0.1, 0.15) is 25.3 Å². The van der Waals surface area contributed by atoms with Gasteiger partial charge in [-0.15, -0.1) is 10.2 Å². The molecule has 0 atom stereocenters. The molecule has 3 rings (SSSR count). The van der Waals surface area contributed by atoms with E-state index >= 15 is 0 Å². The fraction of sp³-hybridized carbons (Fsp3) is 0.250. The van der Waals surface area contributed by atoms with Crippen LogP contribution in [0.5, 0.6) is 0 Å². The highest BCUT2D eigenvalue weighted by molar-refractivity contribution is 7.99. The van der Waals surface area contributed by atoms with Gasteiger partial charge in [-0.3, -0.25) is 4.79 Å². The summed E-state index contributed by atoms with van der Waals surface area (Å²) in [4.78, 5) is 12.2. The van der Waals surface area contributed by atoms with Crippen molar-refractivity contribution < 1.29 is 4.79 Å². The zero-order chi connectivity index (χ0) is 19.4. The number of thioether (sulfide) groups is 1. The maximum atomic E-state index is 12.2. The third-order valence-corrected chi connectivity index (χ3v) is 5.37. The van der Waals surface area contributed by atoms with Crippen molar-refractivity contribution >= 4 is 35.0 Å². The molecule has 3 aromatic rings. The van der Waals surface area contributed by atoms with E-state index in [2.05, 4.69) is 53.6 Å². The molecule has 0 spiro atoms. The van der Waals surface area contributed by atoms with E-state index in [1.54, 1.807) is 24.3 Å². The second kappa shape index (κ2) is 8.59. The fourth-order valence-electron chi connectivity index (χ4n) is 2.60. The van der Waals surface area contributed by atoms with E-state index in [4.69, 9.17) is 11.6 Å². The van der Waals surface area contributed by atoms with Gasteiger partial charge in [-0.1, -0.05) is 67.5 Å². The van der Waals surface area contributed by atoms with Gasteiger partial charge >= 0.3 is 0 Å². The predicted octanol–water partition coefficient (Wildman–Crippen LogP) is 4.99. The van der Waals surface area contributed by atoms with E-state index in [9.17, 15) is 4.79 Å². The van der Waals surface area contributed by atoms with Crippen molar-refractivity contribution in [2.75, 3.05) is 11.1 Å². The molecule has 0 unspecified atom stereocenters. The van der Waals surface area contributed by atoms with Crippen LogP contribution in [-0.2, 0) is 11.8 Å². The number of carbonyl (C=O) groups excluding carboxylic acids is 1. The van der Waals surface area contributed by atoms with Gasteiger partial charge in [0, 0.05) is 23.3 Å². The van der Waals surface area contributed by atoms with Crippen molar-refractivity contribution in [1.29, 1.82) is 0 Å². The van der Waals surface area contributed by atoms with E-state index in [1.807, 2.05) is 11.6 Å². The molecule has 0 saturated heterocycles. The Morgan fingerprint density at radius 2 is 1.93 bits per heavy atom. The number of hydrogen-bond donors (Lipinski definition) is 1. The first kappa shape index (κ1) is 19.5. The molecule has 7 heteroatoms. The molecule has 27 heavy (non-hydrogen) atoms. The first-order chi connectivity index (χ1) is 12.9. The Kier molecular flexibility index (Phi) is 6.19. The molecule has 0 fully saturated rings. The van der Waals surface area contributed by atoms with Gasteiger partial charge in [0.1, 0.15) is 0 Å². The van der Waals surface area contributed by atoms with Gasteiger partial charge in [-0.2, -0.15) is 0 Å². The minimum Gasteiger partial charge on any atom is -0.325 e. The standard InChI is InChI=1S/C20H21ClN4OS/c1-13(2)14-7-9-15(10-8-14)19-23-24-20(25(19)3)27-12-18(26)22-17-6-4-5-16(21)11-17/h4-11,13H,12H2,1-3H3,(H,22,26). The lowest BCUT2D eigenvalue weighted by atomic mass is 10.0. The zero-order valence-electron chi connectivity index (χ0n) is 15.4. The lowest BCUT2D eigenvalue weighted by Crippen LogP contribution is -2.14. The Morgan fingerprint density at radius 3 is 2.59 bits per heavy atom. The Bertz CT molecular complexity index is 937. The van der Waals surface area contributed by atoms with Crippen molar-refractivity contribution in [2.24, 2.45) is 7.05 Å². The normalized spacial score (nSPS) is 11.0. The molecule has 1 heterocycles. The summed E-state index contributed by atoms with van der Waals surface area (Å²) >= 11 is 7.28. The molecule has 1 N–H and O–H groups in total. The van der Waals surface area contributed by atoms with E-state index < -0.39 is 0 Å². The minimum atomic E-state index is -0.117. The third-order valence-electron chi connectivity index (χ3n) is 4.11. The van der Waals surface area contributed by atoms with Crippen molar-refractivity contribution in [3.63, 3.8) is 0 Å². The Morgan fingerprint density at radius 1 is 1.19 bits per heavy atom. The van der Waals surface area contributed by atoms with Crippen molar-refractivity contribution in [3.8, 4) is 11.4 Å². The molecule has 0 aliphatic heterocycles. The van der Waals surface area contributed by atoms with Crippen molar-refractivity contribution in [1.82, 2.24) is 14.8 Å². The van der Waals surface area contributed by atoms with Gasteiger partial charge in [0.15, 0.2) is 11.0 Å². The summed E-state index contributed by atoms with van der Waals surface area (Å²) in [6.45, 7) is 4.33. The average molecular weight is 401 g/mol. The summed E-state index contributed by atoms with van der Waals surface area (Å²) in [6.07, 6.45) is 0. The maximum Gasteiger partial charge on any atom is 0.234 e. The van der Waals surface area contributed by atoms with Crippen LogP contribution in [0.2, 0.25) is 5.02 Å². The Balaban J connectivity index is 1.64. The van der Waals surface area contributed by atoms with Gasteiger partial charge in [0.05, 0.1) is 5.75 Å². The Labute approximate surface area is 168 Å². The van der Waals surface area contributed by atoms with Gasteiger partial charge in [-0.25, -0.2) is 0 Å². The second-order valence-electron chi connectivity index (χ2n) is 6.49. The number of nitrogens with one attached hydrogen (secondary N) is 1. The molecule has 1 aromatic heterocycles.